The Morgan fingerprint density at radius 1 is 1.46 bits per heavy atom. The minimum Gasteiger partial charge on any atom is -0.311 e. The molecule has 0 spiro atoms. The molecule has 0 saturated heterocycles. The maximum Gasteiger partial charge on any atom is 0.250 e. The van der Waals surface area contributed by atoms with Crippen LogP contribution in [0, 0.1) is 5.95 Å². The van der Waals surface area contributed by atoms with Crippen molar-refractivity contribution in [2.45, 2.75) is 0 Å². The molecule has 0 saturated carbocycles. The number of fused-ring (bicyclic) bond motifs is 1. The van der Waals surface area contributed by atoms with Gasteiger partial charge in [0.05, 0.1) is 5.52 Å². The second kappa shape index (κ2) is 2.65. The van der Waals surface area contributed by atoms with Crippen molar-refractivity contribution < 1.29 is 4.39 Å². The number of aryl methyl sites for hydroxylation is 1. The first-order valence-corrected chi connectivity index (χ1v) is 3.80. The van der Waals surface area contributed by atoms with Crippen molar-refractivity contribution in [3.8, 4) is 0 Å². The maximum atomic E-state index is 12.7. The van der Waals surface area contributed by atoms with Crippen LogP contribution in [-0.4, -0.2) is 9.55 Å². The average molecular weight is 178 g/mol. The molecule has 2 heterocycles. The fraction of sp³-hybridized carbons (Fsp3) is 0.111. The third-order valence-corrected chi connectivity index (χ3v) is 1.98. The van der Waals surface area contributed by atoms with Gasteiger partial charge in [-0.15, -0.1) is 0 Å². The molecule has 3 nitrogen and oxygen atoms in total. The van der Waals surface area contributed by atoms with E-state index in [1.807, 2.05) is 0 Å². The number of halogens is 1. The van der Waals surface area contributed by atoms with Crippen LogP contribution in [0.2, 0.25) is 0 Å². The topological polar surface area (TPSA) is 34.9 Å². The summed E-state index contributed by atoms with van der Waals surface area (Å²) < 4.78 is 14.1. The molecule has 2 aromatic rings. The Balaban J connectivity index is 2.97. The third-order valence-electron chi connectivity index (χ3n) is 1.98. The van der Waals surface area contributed by atoms with Gasteiger partial charge in [0, 0.05) is 30.8 Å². The zero-order chi connectivity index (χ0) is 9.42. The molecule has 0 aliphatic heterocycles. The molecule has 0 atom stereocenters. The van der Waals surface area contributed by atoms with Crippen molar-refractivity contribution in [3.63, 3.8) is 0 Å². The van der Waals surface area contributed by atoms with Crippen molar-refractivity contribution in [1.82, 2.24) is 9.55 Å². The predicted octanol–water partition coefficient (Wildman–Crippen LogP) is 1.07. The Labute approximate surface area is 73.5 Å². The largest absolute Gasteiger partial charge is 0.311 e. The first-order chi connectivity index (χ1) is 6.18. The lowest BCUT2D eigenvalue weighted by Gasteiger charge is -2.02. The number of rotatable bonds is 0. The van der Waals surface area contributed by atoms with Crippen LogP contribution in [0.5, 0.6) is 0 Å². The van der Waals surface area contributed by atoms with E-state index in [-0.39, 0.29) is 5.56 Å². The monoisotopic (exact) mass is 178 g/mol. The van der Waals surface area contributed by atoms with Crippen LogP contribution in [0.3, 0.4) is 0 Å². The van der Waals surface area contributed by atoms with E-state index in [2.05, 4.69) is 4.98 Å². The maximum absolute atomic E-state index is 12.7. The van der Waals surface area contributed by atoms with Crippen LogP contribution in [-0.2, 0) is 7.05 Å². The summed E-state index contributed by atoms with van der Waals surface area (Å²) in [6.45, 7) is 0. The smallest absolute Gasteiger partial charge is 0.250 e. The molecule has 13 heavy (non-hydrogen) atoms. The highest BCUT2D eigenvalue weighted by Gasteiger charge is 2.00. The van der Waals surface area contributed by atoms with E-state index < -0.39 is 5.95 Å². The summed E-state index contributed by atoms with van der Waals surface area (Å²) in [6, 6.07) is 4.31. The van der Waals surface area contributed by atoms with Gasteiger partial charge < -0.3 is 4.57 Å². The molecule has 0 aromatic carbocycles. The lowest BCUT2D eigenvalue weighted by molar-refractivity contribution is 0.585. The Kier molecular flexibility index (Phi) is 1.62. The molecule has 0 aliphatic carbocycles. The van der Waals surface area contributed by atoms with Crippen molar-refractivity contribution in [2.24, 2.45) is 7.05 Å². The molecule has 0 N–H and O–H groups in total. The van der Waals surface area contributed by atoms with Crippen LogP contribution < -0.4 is 5.56 Å². The van der Waals surface area contributed by atoms with Gasteiger partial charge in [-0.3, -0.25) is 4.79 Å². The summed E-state index contributed by atoms with van der Waals surface area (Å²) >= 11 is 0. The number of nitrogens with zero attached hydrogens (tertiary/aromatic N) is 2. The standard InChI is InChI=1S/C9H7FN2O/c1-12-7-4-8(10)11-5-6(7)2-3-9(12)13/h2-5H,1H3. The second-order valence-electron chi connectivity index (χ2n) is 2.80. The highest BCUT2D eigenvalue weighted by Crippen LogP contribution is 2.09. The zero-order valence-electron chi connectivity index (χ0n) is 6.99. The molecule has 0 unspecified atom stereocenters. The van der Waals surface area contributed by atoms with E-state index >= 15 is 0 Å². The molecule has 2 aromatic heterocycles. The van der Waals surface area contributed by atoms with Crippen molar-refractivity contribution in [3.05, 3.63) is 40.7 Å². The van der Waals surface area contributed by atoms with E-state index in [1.54, 1.807) is 13.1 Å². The lowest BCUT2D eigenvalue weighted by atomic mass is 10.2. The lowest BCUT2D eigenvalue weighted by Crippen LogP contribution is -2.15. The molecular formula is C9H7FN2O. The molecule has 0 amide bonds. The highest BCUT2D eigenvalue weighted by atomic mass is 19.1. The van der Waals surface area contributed by atoms with Gasteiger partial charge in [0.15, 0.2) is 0 Å². The normalized spacial score (nSPS) is 10.6. The number of aromatic nitrogens is 2. The van der Waals surface area contributed by atoms with Crippen molar-refractivity contribution >= 4 is 10.9 Å². The van der Waals surface area contributed by atoms with Crippen LogP contribution in [0.25, 0.3) is 10.9 Å². The molecule has 0 bridgehead atoms. The SMILES string of the molecule is Cn1c(=O)ccc2cnc(F)cc21. The van der Waals surface area contributed by atoms with Gasteiger partial charge in [-0.2, -0.15) is 4.39 Å². The number of hydrogen-bond donors (Lipinski definition) is 0. The fourth-order valence-electron chi connectivity index (χ4n) is 1.24. The van der Waals surface area contributed by atoms with Gasteiger partial charge in [0.2, 0.25) is 5.95 Å². The molecule has 66 valence electrons. The summed E-state index contributed by atoms with van der Waals surface area (Å²) in [5.74, 6) is -0.575. The first-order valence-electron chi connectivity index (χ1n) is 3.80. The molecular weight excluding hydrogens is 171 g/mol. The van der Waals surface area contributed by atoms with Crippen LogP contribution >= 0.6 is 0 Å². The fourth-order valence-corrected chi connectivity index (χ4v) is 1.24. The van der Waals surface area contributed by atoms with E-state index in [9.17, 15) is 9.18 Å². The van der Waals surface area contributed by atoms with E-state index in [0.29, 0.717) is 5.52 Å². The molecule has 0 aliphatic rings. The van der Waals surface area contributed by atoms with Gasteiger partial charge in [-0.25, -0.2) is 4.98 Å². The summed E-state index contributed by atoms with van der Waals surface area (Å²) in [5.41, 5.74) is 0.401. The summed E-state index contributed by atoms with van der Waals surface area (Å²) in [6.07, 6.45) is 1.41. The summed E-state index contributed by atoms with van der Waals surface area (Å²) in [7, 11) is 1.60. The van der Waals surface area contributed by atoms with Crippen LogP contribution in [0.15, 0.2) is 29.2 Å². The van der Waals surface area contributed by atoms with Gasteiger partial charge in [-0.05, 0) is 6.07 Å². The Morgan fingerprint density at radius 3 is 3.00 bits per heavy atom. The average Bonchev–Trinajstić information content (AvgIpc) is 2.12. The quantitative estimate of drug-likeness (QED) is 0.565. The molecule has 0 fully saturated rings. The van der Waals surface area contributed by atoms with Gasteiger partial charge >= 0.3 is 0 Å². The van der Waals surface area contributed by atoms with Gasteiger partial charge in [0.1, 0.15) is 0 Å². The Morgan fingerprint density at radius 2 is 2.23 bits per heavy atom. The minimum atomic E-state index is -0.575. The van der Waals surface area contributed by atoms with Crippen molar-refractivity contribution in [1.29, 1.82) is 0 Å². The summed E-state index contributed by atoms with van der Waals surface area (Å²) in [4.78, 5) is 14.7. The number of pyridine rings is 2. The van der Waals surface area contributed by atoms with E-state index in [4.69, 9.17) is 0 Å². The Hall–Kier alpha value is -1.71. The molecule has 0 radical (unpaired) electrons. The second-order valence-corrected chi connectivity index (χ2v) is 2.80. The zero-order valence-corrected chi connectivity index (χ0v) is 6.99. The molecule has 2 rings (SSSR count). The van der Waals surface area contributed by atoms with Crippen LogP contribution in [0.1, 0.15) is 0 Å². The number of hydrogen-bond acceptors (Lipinski definition) is 2. The van der Waals surface area contributed by atoms with Gasteiger partial charge in [0.25, 0.3) is 5.56 Å². The van der Waals surface area contributed by atoms with Gasteiger partial charge in [-0.1, -0.05) is 0 Å². The molecule has 4 heteroatoms. The Bertz CT molecular complexity index is 518. The van der Waals surface area contributed by atoms with Crippen molar-refractivity contribution in [2.75, 3.05) is 0 Å². The minimum absolute atomic E-state index is 0.155. The predicted molar refractivity (Wildman–Crippen MR) is 46.9 cm³/mol. The first kappa shape index (κ1) is 7.91. The van der Waals surface area contributed by atoms with E-state index in [1.165, 1.54) is 22.9 Å². The highest BCUT2D eigenvalue weighted by molar-refractivity contribution is 5.77. The summed E-state index contributed by atoms with van der Waals surface area (Å²) in [5, 5.41) is 0.753. The third kappa shape index (κ3) is 1.20. The van der Waals surface area contributed by atoms with E-state index in [0.717, 1.165) is 5.39 Å². The van der Waals surface area contributed by atoms with Crippen LogP contribution in [0.4, 0.5) is 4.39 Å².